The molecule has 4 aliphatic carbocycles. The molecule has 0 bridgehead atoms. The van der Waals surface area contributed by atoms with E-state index in [-0.39, 0.29) is 17.2 Å². The van der Waals surface area contributed by atoms with Gasteiger partial charge in [0, 0.05) is 65.7 Å². The zero-order chi connectivity index (χ0) is 58.5. The third-order valence-electron chi connectivity index (χ3n) is 20.1. The van der Waals surface area contributed by atoms with Gasteiger partial charge in [-0.2, -0.15) is 0 Å². The van der Waals surface area contributed by atoms with Crippen LogP contribution >= 0.6 is 0 Å². The van der Waals surface area contributed by atoms with Crippen molar-refractivity contribution in [2.75, 3.05) is 0 Å². The van der Waals surface area contributed by atoms with Gasteiger partial charge in [-0.3, -0.25) is 0 Å². The third-order valence-corrected chi connectivity index (χ3v) is 25.8. The van der Waals surface area contributed by atoms with Gasteiger partial charge in [-0.1, -0.05) is 163 Å². The van der Waals surface area contributed by atoms with Crippen LogP contribution in [0.4, 0.5) is 0 Å². The molecule has 11 aromatic rings. The molecular weight excluding hydrogens is 1080 g/mol. The molecule has 87 heavy (non-hydrogen) atoms. The molecular formula is C80H68O6Si. The van der Waals surface area contributed by atoms with E-state index < -0.39 is 8.07 Å². The molecule has 7 unspecified atom stereocenters. The first-order valence-electron chi connectivity index (χ1n) is 31.1. The van der Waals surface area contributed by atoms with Crippen LogP contribution in [0.25, 0.3) is 96.2 Å². The van der Waals surface area contributed by atoms with Crippen molar-refractivity contribution < 1.29 is 26.8 Å². The van der Waals surface area contributed by atoms with E-state index in [1.165, 1.54) is 34.3 Å². The average molecular weight is 1150 g/mol. The van der Waals surface area contributed by atoms with E-state index in [0.717, 1.165) is 159 Å². The van der Waals surface area contributed by atoms with E-state index in [9.17, 15) is 0 Å². The smallest absolute Gasteiger partial charge is 0.136 e. The summed E-state index contributed by atoms with van der Waals surface area (Å²) in [6.07, 6.45) is 45.2. The molecule has 6 nitrogen and oxygen atoms in total. The van der Waals surface area contributed by atoms with E-state index in [1.54, 1.807) is 0 Å². The Balaban J connectivity index is 0.842. The van der Waals surface area contributed by atoms with Crippen molar-refractivity contribution in [1.82, 2.24) is 0 Å². The van der Waals surface area contributed by atoms with Gasteiger partial charge in [-0.15, -0.1) is 0 Å². The lowest BCUT2D eigenvalue weighted by Gasteiger charge is -2.45. The lowest BCUT2D eigenvalue weighted by atomic mass is 9.73. The van der Waals surface area contributed by atoms with Gasteiger partial charge in [-0.25, -0.2) is 0 Å². The molecule has 0 N–H and O–H groups in total. The molecule has 0 saturated carbocycles. The molecule has 0 fully saturated rings. The Hall–Kier alpha value is -9.30. The molecule has 428 valence electrons. The monoisotopic (exact) mass is 1150 g/mol. The van der Waals surface area contributed by atoms with Crippen LogP contribution in [0.5, 0.6) is 5.75 Å². The molecule has 16 rings (SSSR count). The first-order valence-corrected chi connectivity index (χ1v) is 33.3. The Morgan fingerprint density at radius 2 is 1.40 bits per heavy atom. The summed E-state index contributed by atoms with van der Waals surface area (Å²) >= 11 is 0. The zero-order valence-corrected chi connectivity index (χ0v) is 50.5. The molecule has 0 saturated heterocycles. The molecule has 6 aromatic carbocycles. The van der Waals surface area contributed by atoms with E-state index >= 15 is 0 Å². The SMILES string of the molecule is C=C/C=C\C(=C/C)c1ccc2oc3cc4c(cc3c2c1)oc1ccc([Si](c2ccc3oc5cc6c(cc5c3c2)OC2C=CC(C3CC=CCC3)CC62)(C2C=CC=CC2)C2C=Cc3o/c(=C/c5c(C)oc(/C=C\Cc6ccccc6)c5C)c(=C)c3C2)cc14. The van der Waals surface area contributed by atoms with Gasteiger partial charge in [-0.05, 0) is 178 Å². The van der Waals surface area contributed by atoms with Crippen LogP contribution in [0.1, 0.15) is 95.6 Å². The van der Waals surface area contributed by atoms with Gasteiger partial charge in [0.25, 0.3) is 0 Å². The lowest BCUT2D eigenvalue weighted by Crippen LogP contribution is -2.64. The van der Waals surface area contributed by atoms with Crippen LogP contribution in [0, 0.1) is 25.7 Å². The van der Waals surface area contributed by atoms with Crippen LogP contribution in [0.15, 0.2) is 223 Å². The number of ether oxygens (including phenoxy) is 1. The fourth-order valence-corrected chi connectivity index (χ4v) is 21.6. The minimum absolute atomic E-state index is 0.0423. The summed E-state index contributed by atoms with van der Waals surface area (Å²) in [6.45, 7) is 15.0. The molecule has 1 aliphatic heterocycles. The minimum Gasteiger partial charge on any atom is -0.485 e. The quantitative estimate of drug-likeness (QED) is 0.0689. The number of benzene rings is 6. The van der Waals surface area contributed by atoms with Gasteiger partial charge in [0.1, 0.15) is 76.1 Å². The van der Waals surface area contributed by atoms with Gasteiger partial charge in [0.05, 0.1) is 0 Å². The maximum atomic E-state index is 6.95. The number of fused-ring (bicyclic) bond motifs is 13. The molecule has 5 aromatic heterocycles. The Morgan fingerprint density at radius 3 is 2.11 bits per heavy atom. The number of rotatable bonds is 12. The molecule has 7 atom stereocenters. The Morgan fingerprint density at radius 1 is 0.678 bits per heavy atom. The normalized spacial score (nSPS) is 21.8. The summed E-state index contributed by atoms with van der Waals surface area (Å²) in [5, 5.41) is 9.96. The van der Waals surface area contributed by atoms with Crippen LogP contribution in [0.3, 0.4) is 0 Å². The van der Waals surface area contributed by atoms with Gasteiger partial charge < -0.3 is 26.8 Å². The van der Waals surface area contributed by atoms with Crippen molar-refractivity contribution in [2.24, 2.45) is 11.8 Å². The summed E-state index contributed by atoms with van der Waals surface area (Å²) in [7, 11) is -3.09. The highest BCUT2D eigenvalue weighted by Crippen LogP contribution is 2.51. The molecule has 0 amide bonds. The highest BCUT2D eigenvalue weighted by molar-refractivity contribution is 7.05. The Kier molecular flexibility index (Phi) is 13.0. The summed E-state index contributed by atoms with van der Waals surface area (Å²) in [5.74, 6) is 5.09. The van der Waals surface area contributed by atoms with Crippen molar-refractivity contribution in [1.29, 1.82) is 0 Å². The third kappa shape index (κ3) is 8.87. The Labute approximate surface area is 507 Å². The van der Waals surface area contributed by atoms with Crippen molar-refractivity contribution >= 4 is 115 Å². The number of aryl methyl sites for hydroxylation is 1. The first kappa shape index (κ1) is 53.2. The standard InChI is InChI=1S/C80H68O6Si/c1-6-8-22-52(7-2)54-28-33-72-62(38-54)66-44-79-68(46-77(66)83-72)64-41-58(31-36-74(64)85-79)87(56-25-16-11-17-26-56,57-30-35-71-61(40-57)49(4)76(82-71)43-60-48(3)70(81-50(60)5)27-18-21-51-19-12-9-13-20-51)59-32-37-75-65(42-59)69-47-78-67(45-80(69)86-75)63-39-55(29-34-73(63)84-78)53-23-14-10-15-24-53/h6-14,16-20,22,25,27-38,41-47,53,55-57,63,73H,1,4,15,21,23-24,26,39-40H2,2-3,5H3/b22-8-,27-18-,52-7+,76-43+. The summed E-state index contributed by atoms with van der Waals surface area (Å²) in [6, 6.07) is 40.1. The van der Waals surface area contributed by atoms with E-state index in [0.29, 0.717) is 17.8 Å². The second-order valence-corrected chi connectivity index (χ2v) is 29.2. The van der Waals surface area contributed by atoms with Crippen LogP contribution in [0.2, 0.25) is 11.1 Å². The highest BCUT2D eigenvalue weighted by atomic mass is 28.3. The van der Waals surface area contributed by atoms with Crippen LogP contribution in [-0.4, -0.2) is 14.2 Å². The van der Waals surface area contributed by atoms with Gasteiger partial charge in [0.15, 0.2) is 0 Å². The largest absolute Gasteiger partial charge is 0.485 e. The van der Waals surface area contributed by atoms with Gasteiger partial charge >= 0.3 is 0 Å². The fraction of sp³-hybridized carbons (Fsp3) is 0.200. The van der Waals surface area contributed by atoms with Crippen molar-refractivity contribution in [3.8, 4) is 5.75 Å². The van der Waals surface area contributed by atoms with Crippen LogP contribution in [-0.2, 0) is 12.8 Å². The van der Waals surface area contributed by atoms with Crippen LogP contribution < -0.4 is 25.7 Å². The summed E-state index contributed by atoms with van der Waals surface area (Å²) in [4.78, 5) is 0. The average Bonchev–Trinajstić information content (AvgIpc) is 2.05. The maximum absolute atomic E-state index is 6.95. The number of hydrogen-bond donors (Lipinski definition) is 0. The van der Waals surface area contributed by atoms with Crippen molar-refractivity contribution in [3.63, 3.8) is 0 Å². The second kappa shape index (κ2) is 21.3. The number of hydrogen-bond acceptors (Lipinski definition) is 6. The first-order chi connectivity index (χ1) is 42.7. The maximum Gasteiger partial charge on any atom is 0.136 e. The van der Waals surface area contributed by atoms with E-state index in [1.807, 2.05) is 19.1 Å². The predicted molar refractivity (Wildman–Crippen MR) is 361 cm³/mol. The topological polar surface area (TPSA) is 74.9 Å². The Bertz CT molecular complexity index is 5010. The van der Waals surface area contributed by atoms with Gasteiger partial charge in [0.2, 0.25) is 0 Å². The minimum atomic E-state index is -3.09. The lowest BCUT2D eigenvalue weighted by molar-refractivity contribution is 0.211. The molecule has 0 radical (unpaired) electrons. The number of furan rings is 5. The molecule has 7 heteroatoms. The second-order valence-electron chi connectivity index (χ2n) is 24.8. The van der Waals surface area contributed by atoms with E-state index in [2.05, 4.69) is 221 Å². The molecule has 6 heterocycles. The predicted octanol–water partition coefficient (Wildman–Crippen LogP) is 18.7. The molecule has 0 spiro atoms. The molecule has 5 aliphatic rings. The van der Waals surface area contributed by atoms with E-state index in [4.69, 9.17) is 33.4 Å². The fourth-order valence-electron chi connectivity index (χ4n) is 15.6. The summed E-state index contributed by atoms with van der Waals surface area (Å²) < 4.78 is 40.8. The summed E-state index contributed by atoms with van der Waals surface area (Å²) in [5.41, 5.74) is 14.2. The van der Waals surface area contributed by atoms with Crippen molar-refractivity contribution in [3.05, 3.63) is 262 Å². The highest BCUT2D eigenvalue weighted by Gasteiger charge is 2.50. The van der Waals surface area contributed by atoms with Crippen molar-refractivity contribution in [2.45, 2.75) is 88.8 Å². The number of allylic oxidation sites excluding steroid dienone is 14. The zero-order valence-electron chi connectivity index (χ0n) is 49.5.